The molecule has 0 atom stereocenters. The Morgan fingerprint density at radius 2 is 2.13 bits per heavy atom. The molecular formula is C11H12N2O2. The summed E-state index contributed by atoms with van der Waals surface area (Å²) in [5.41, 5.74) is 6.46. The van der Waals surface area contributed by atoms with Gasteiger partial charge in [-0.2, -0.15) is 0 Å². The minimum Gasteiger partial charge on any atom is -0.495 e. The molecule has 2 N–H and O–H groups in total. The number of carbonyl (C=O) groups excluding carboxylic acids is 1. The van der Waals surface area contributed by atoms with Crippen LogP contribution in [-0.2, 0) is 0 Å². The van der Waals surface area contributed by atoms with Gasteiger partial charge in [0.05, 0.1) is 12.8 Å². The maximum atomic E-state index is 11.2. The van der Waals surface area contributed by atoms with Crippen molar-refractivity contribution < 1.29 is 9.53 Å². The second-order valence-corrected chi connectivity index (χ2v) is 3.37. The minimum atomic E-state index is -0.0374. The smallest absolute Gasteiger partial charge is 0.227 e. The number of fused-ring (bicyclic) bond motifs is 1. The van der Waals surface area contributed by atoms with Gasteiger partial charge in [-0.1, -0.05) is 0 Å². The maximum Gasteiger partial charge on any atom is 0.227 e. The van der Waals surface area contributed by atoms with Crippen LogP contribution in [0.1, 0.15) is 11.7 Å². The molecule has 0 aliphatic rings. The SMILES string of the molecule is COc1ccc2cn(C(C)=O)cc2c1N. The fourth-order valence-corrected chi connectivity index (χ4v) is 1.58. The summed E-state index contributed by atoms with van der Waals surface area (Å²) in [5, 5.41) is 1.77. The first kappa shape index (κ1) is 9.58. The molecule has 2 rings (SSSR count). The Morgan fingerprint density at radius 3 is 2.73 bits per heavy atom. The van der Waals surface area contributed by atoms with E-state index < -0.39 is 0 Å². The predicted molar refractivity (Wildman–Crippen MR) is 59.2 cm³/mol. The van der Waals surface area contributed by atoms with Crippen LogP contribution in [0.25, 0.3) is 10.8 Å². The van der Waals surface area contributed by atoms with Gasteiger partial charge < -0.3 is 10.5 Å². The Balaban J connectivity index is 2.71. The Labute approximate surface area is 87.2 Å². The standard InChI is InChI=1S/C11H12N2O2/c1-7(14)13-5-8-3-4-10(15-2)11(12)9(8)6-13/h3-6H,12H2,1-2H3. The molecule has 0 spiro atoms. The van der Waals surface area contributed by atoms with Crippen molar-refractivity contribution in [1.82, 2.24) is 4.57 Å². The highest BCUT2D eigenvalue weighted by atomic mass is 16.5. The molecule has 0 saturated heterocycles. The van der Waals surface area contributed by atoms with Crippen LogP contribution in [0.15, 0.2) is 24.5 Å². The minimum absolute atomic E-state index is 0.0374. The molecule has 0 aliphatic heterocycles. The van der Waals surface area contributed by atoms with E-state index >= 15 is 0 Å². The van der Waals surface area contributed by atoms with Crippen molar-refractivity contribution in [2.75, 3.05) is 12.8 Å². The molecule has 0 amide bonds. The number of carbonyl (C=O) groups is 1. The molecule has 2 aromatic rings. The summed E-state index contributed by atoms with van der Waals surface area (Å²) >= 11 is 0. The van der Waals surface area contributed by atoms with E-state index in [-0.39, 0.29) is 5.91 Å². The van der Waals surface area contributed by atoms with Gasteiger partial charge in [-0.3, -0.25) is 9.36 Å². The van der Waals surface area contributed by atoms with E-state index in [1.165, 1.54) is 11.5 Å². The number of methoxy groups -OCH3 is 1. The summed E-state index contributed by atoms with van der Waals surface area (Å²) in [5.74, 6) is 0.591. The van der Waals surface area contributed by atoms with Crippen LogP contribution in [0.5, 0.6) is 5.75 Å². The normalized spacial score (nSPS) is 10.5. The molecule has 0 radical (unpaired) electrons. The molecular weight excluding hydrogens is 192 g/mol. The summed E-state index contributed by atoms with van der Waals surface area (Å²) in [4.78, 5) is 11.2. The van der Waals surface area contributed by atoms with Crippen molar-refractivity contribution in [3.8, 4) is 5.75 Å². The van der Waals surface area contributed by atoms with Crippen LogP contribution in [0.3, 0.4) is 0 Å². The number of anilines is 1. The molecule has 1 aromatic carbocycles. The number of aromatic nitrogens is 1. The highest BCUT2D eigenvalue weighted by molar-refractivity contribution is 5.98. The van der Waals surface area contributed by atoms with Gasteiger partial charge in [0.15, 0.2) is 0 Å². The first-order valence-corrected chi connectivity index (χ1v) is 4.58. The zero-order valence-corrected chi connectivity index (χ0v) is 8.65. The zero-order valence-electron chi connectivity index (χ0n) is 8.65. The van der Waals surface area contributed by atoms with Crippen molar-refractivity contribution in [2.24, 2.45) is 0 Å². The van der Waals surface area contributed by atoms with Gasteiger partial charge in [-0.15, -0.1) is 0 Å². The molecule has 4 heteroatoms. The Morgan fingerprint density at radius 1 is 1.40 bits per heavy atom. The Hall–Kier alpha value is -1.97. The second-order valence-electron chi connectivity index (χ2n) is 3.37. The summed E-state index contributed by atoms with van der Waals surface area (Å²) in [7, 11) is 1.57. The number of hydrogen-bond acceptors (Lipinski definition) is 3. The molecule has 1 heterocycles. The third-order valence-electron chi connectivity index (χ3n) is 2.41. The summed E-state index contributed by atoms with van der Waals surface area (Å²) in [6.45, 7) is 1.51. The molecule has 0 bridgehead atoms. The van der Waals surface area contributed by atoms with E-state index in [1.807, 2.05) is 6.07 Å². The highest BCUT2D eigenvalue weighted by Gasteiger charge is 2.08. The van der Waals surface area contributed by atoms with Gasteiger partial charge in [0.2, 0.25) is 5.91 Å². The number of benzene rings is 1. The number of hydrogen-bond donors (Lipinski definition) is 1. The Kier molecular flexibility index (Phi) is 2.11. The second kappa shape index (κ2) is 3.31. The lowest BCUT2D eigenvalue weighted by Gasteiger charge is -2.03. The van der Waals surface area contributed by atoms with E-state index in [9.17, 15) is 4.79 Å². The molecule has 1 aromatic heterocycles. The summed E-state index contributed by atoms with van der Waals surface area (Å²) < 4.78 is 6.62. The van der Waals surface area contributed by atoms with Crippen molar-refractivity contribution in [1.29, 1.82) is 0 Å². The average molecular weight is 204 g/mol. The fourth-order valence-electron chi connectivity index (χ4n) is 1.58. The maximum absolute atomic E-state index is 11.2. The molecule has 0 saturated carbocycles. The van der Waals surface area contributed by atoms with Crippen LogP contribution in [0, 0.1) is 0 Å². The lowest BCUT2D eigenvalue weighted by molar-refractivity contribution is 0.0937. The average Bonchev–Trinajstić information content (AvgIpc) is 2.63. The quantitative estimate of drug-likeness (QED) is 0.721. The monoisotopic (exact) mass is 204 g/mol. The third-order valence-corrected chi connectivity index (χ3v) is 2.41. The van der Waals surface area contributed by atoms with Crippen LogP contribution < -0.4 is 10.5 Å². The fraction of sp³-hybridized carbons (Fsp3) is 0.182. The molecule has 78 valence electrons. The van der Waals surface area contributed by atoms with Gasteiger partial charge in [0.25, 0.3) is 0 Å². The molecule has 4 nitrogen and oxygen atoms in total. The first-order chi connectivity index (χ1) is 7.13. The first-order valence-electron chi connectivity index (χ1n) is 4.58. The molecule has 0 fully saturated rings. The Bertz CT molecular complexity index is 529. The number of nitrogens with two attached hydrogens (primary N) is 1. The third kappa shape index (κ3) is 1.44. The van der Waals surface area contributed by atoms with E-state index in [4.69, 9.17) is 10.5 Å². The summed E-state index contributed by atoms with van der Waals surface area (Å²) in [6, 6.07) is 3.67. The molecule has 15 heavy (non-hydrogen) atoms. The van der Waals surface area contributed by atoms with Crippen molar-refractivity contribution in [2.45, 2.75) is 6.92 Å². The molecule has 0 aliphatic carbocycles. The van der Waals surface area contributed by atoms with Crippen LogP contribution in [0.4, 0.5) is 5.69 Å². The van der Waals surface area contributed by atoms with Crippen molar-refractivity contribution in [3.05, 3.63) is 24.5 Å². The van der Waals surface area contributed by atoms with Gasteiger partial charge in [-0.05, 0) is 12.1 Å². The van der Waals surface area contributed by atoms with Gasteiger partial charge in [-0.25, -0.2) is 0 Å². The van der Waals surface area contributed by atoms with E-state index in [0.717, 1.165) is 10.8 Å². The summed E-state index contributed by atoms with van der Waals surface area (Å²) in [6.07, 6.45) is 3.48. The van der Waals surface area contributed by atoms with Crippen LogP contribution in [-0.4, -0.2) is 17.6 Å². The van der Waals surface area contributed by atoms with Crippen LogP contribution in [0.2, 0.25) is 0 Å². The lowest BCUT2D eigenvalue weighted by Crippen LogP contribution is -2.00. The predicted octanol–water partition coefficient (Wildman–Crippen LogP) is 1.89. The van der Waals surface area contributed by atoms with Gasteiger partial charge in [0, 0.05) is 30.1 Å². The number of rotatable bonds is 1. The van der Waals surface area contributed by atoms with E-state index in [1.54, 1.807) is 25.6 Å². The largest absolute Gasteiger partial charge is 0.495 e. The van der Waals surface area contributed by atoms with Crippen LogP contribution >= 0.6 is 0 Å². The van der Waals surface area contributed by atoms with Crippen molar-refractivity contribution >= 4 is 22.4 Å². The number of nitrogen functional groups attached to an aromatic ring is 1. The number of nitrogens with zero attached hydrogens (tertiary/aromatic N) is 1. The lowest BCUT2D eigenvalue weighted by atomic mass is 10.2. The van der Waals surface area contributed by atoms with E-state index in [0.29, 0.717) is 11.4 Å². The molecule has 0 unspecified atom stereocenters. The van der Waals surface area contributed by atoms with Crippen molar-refractivity contribution in [3.63, 3.8) is 0 Å². The van der Waals surface area contributed by atoms with E-state index in [2.05, 4.69) is 0 Å². The zero-order chi connectivity index (χ0) is 11.0. The number of ether oxygens (including phenoxy) is 1. The topological polar surface area (TPSA) is 57.2 Å². The van der Waals surface area contributed by atoms with Gasteiger partial charge >= 0.3 is 0 Å². The van der Waals surface area contributed by atoms with Gasteiger partial charge in [0.1, 0.15) is 5.75 Å². The highest BCUT2D eigenvalue weighted by Crippen LogP contribution is 2.30.